The molecule has 6 heteroatoms. The molecule has 0 N–H and O–H groups in total. The van der Waals surface area contributed by atoms with Crippen LogP contribution < -0.4 is 5.56 Å². The number of carbonyl (C=O) groups excluding carboxylic acids is 1. The van der Waals surface area contributed by atoms with Gasteiger partial charge >= 0.3 is 0 Å². The van der Waals surface area contributed by atoms with E-state index in [9.17, 15) is 9.59 Å². The fourth-order valence-electron chi connectivity index (χ4n) is 2.38. The van der Waals surface area contributed by atoms with Crippen molar-refractivity contribution in [3.05, 3.63) is 70.8 Å². The third kappa shape index (κ3) is 3.27. The average molecular weight is 320 g/mol. The minimum Gasteiger partial charge on any atom is -0.303 e. The molecule has 2 heterocycles. The molecular formula is C18H16N4O2. The normalized spacial score (nSPS) is 10.5. The first-order chi connectivity index (χ1) is 11.7. The standard InChI is InChI=1S/C18H16N4O2/c1-13-4-6-16(7-5-13)22-11-15(3-2-8-23)21-17(18(22)24)14-9-19-12-20-10-14/h4-12H,2-3H2,1H3. The number of carbonyl (C=O) groups is 1. The van der Waals surface area contributed by atoms with Gasteiger partial charge in [-0.25, -0.2) is 15.0 Å². The predicted octanol–water partition coefficient (Wildman–Crippen LogP) is 2.13. The number of hydrogen-bond donors (Lipinski definition) is 0. The molecule has 0 spiro atoms. The zero-order chi connectivity index (χ0) is 16.9. The molecular weight excluding hydrogens is 304 g/mol. The smallest absolute Gasteiger partial charge is 0.281 e. The molecule has 0 bridgehead atoms. The van der Waals surface area contributed by atoms with Crippen LogP contribution in [0.4, 0.5) is 0 Å². The Kier molecular flexibility index (Phi) is 4.56. The van der Waals surface area contributed by atoms with E-state index >= 15 is 0 Å². The van der Waals surface area contributed by atoms with Gasteiger partial charge in [-0.05, 0) is 25.5 Å². The molecule has 6 nitrogen and oxygen atoms in total. The van der Waals surface area contributed by atoms with Crippen molar-refractivity contribution in [3.8, 4) is 16.9 Å². The van der Waals surface area contributed by atoms with Crippen molar-refractivity contribution in [2.75, 3.05) is 0 Å². The zero-order valence-electron chi connectivity index (χ0n) is 13.2. The van der Waals surface area contributed by atoms with Gasteiger partial charge < -0.3 is 4.79 Å². The van der Waals surface area contributed by atoms with E-state index in [0.29, 0.717) is 24.1 Å². The first kappa shape index (κ1) is 15.7. The summed E-state index contributed by atoms with van der Waals surface area (Å²) in [6.07, 6.45) is 7.86. The summed E-state index contributed by atoms with van der Waals surface area (Å²) < 4.78 is 1.55. The van der Waals surface area contributed by atoms with Gasteiger partial charge in [0.2, 0.25) is 0 Å². The summed E-state index contributed by atoms with van der Waals surface area (Å²) in [6, 6.07) is 7.65. The fraction of sp³-hybridized carbons (Fsp3) is 0.167. The number of nitrogens with zero attached hydrogens (tertiary/aromatic N) is 4. The largest absolute Gasteiger partial charge is 0.303 e. The van der Waals surface area contributed by atoms with Gasteiger partial charge in [0.15, 0.2) is 0 Å². The lowest BCUT2D eigenvalue weighted by atomic mass is 10.2. The summed E-state index contributed by atoms with van der Waals surface area (Å²) in [5.41, 5.74) is 3.11. The Morgan fingerprint density at radius 2 is 1.83 bits per heavy atom. The van der Waals surface area contributed by atoms with E-state index in [-0.39, 0.29) is 11.3 Å². The van der Waals surface area contributed by atoms with Gasteiger partial charge in [-0.15, -0.1) is 0 Å². The first-order valence-electron chi connectivity index (χ1n) is 7.57. The van der Waals surface area contributed by atoms with E-state index in [1.54, 1.807) is 23.2 Å². The van der Waals surface area contributed by atoms with Gasteiger partial charge in [-0.2, -0.15) is 0 Å². The van der Waals surface area contributed by atoms with Gasteiger partial charge in [0, 0.05) is 36.3 Å². The molecule has 3 rings (SSSR count). The van der Waals surface area contributed by atoms with Gasteiger partial charge in [0.25, 0.3) is 5.56 Å². The number of rotatable bonds is 5. The SMILES string of the molecule is Cc1ccc(-n2cc(CCC=O)nc(-c3cncnc3)c2=O)cc1. The Bertz CT molecular complexity index is 903. The van der Waals surface area contributed by atoms with Gasteiger partial charge in [-0.1, -0.05) is 17.7 Å². The first-order valence-corrected chi connectivity index (χ1v) is 7.57. The lowest BCUT2D eigenvalue weighted by Gasteiger charge is -2.11. The maximum Gasteiger partial charge on any atom is 0.281 e. The highest BCUT2D eigenvalue weighted by molar-refractivity contribution is 5.56. The van der Waals surface area contributed by atoms with Crippen LogP contribution in [0.5, 0.6) is 0 Å². The third-order valence-electron chi connectivity index (χ3n) is 3.62. The maximum absolute atomic E-state index is 12.9. The highest BCUT2D eigenvalue weighted by Gasteiger charge is 2.12. The predicted molar refractivity (Wildman–Crippen MR) is 90.0 cm³/mol. The second-order valence-corrected chi connectivity index (χ2v) is 5.42. The van der Waals surface area contributed by atoms with E-state index in [4.69, 9.17) is 0 Å². The monoisotopic (exact) mass is 320 g/mol. The highest BCUT2D eigenvalue weighted by atomic mass is 16.1. The topological polar surface area (TPSA) is 77.7 Å². The average Bonchev–Trinajstić information content (AvgIpc) is 2.62. The summed E-state index contributed by atoms with van der Waals surface area (Å²) in [4.78, 5) is 35.8. The molecule has 0 aliphatic heterocycles. The summed E-state index contributed by atoms with van der Waals surface area (Å²) in [6.45, 7) is 1.99. The molecule has 3 aromatic rings. The third-order valence-corrected chi connectivity index (χ3v) is 3.62. The Morgan fingerprint density at radius 3 is 2.50 bits per heavy atom. The Labute approximate surface area is 138 Å². The summed E-state index contributed by atoms with van der Waals surface area (Å²) in [5.74, 6) is 0. The van der Waals surface area contributed by atoms with Crippen LogP contribution in [0.15, 0.2) is 54.0 Å². The van der Waals surface area contributed by atoms with Crippen molar-refractivity contribution >= 4 is 6.29 Å². The molecule has 0 saturated heterocycles. The van der Waals surface area contributed by atoms with Gasteiger partial charge in [-0.3, -0.25) is 9.36 Å². The minimum atomic E-state index is -0.247. The molecule has 120 valence electrons. The molecule has 1 aromatic carbocycles. The van der Waals surface area contributed by atoms with E-state index in [0.717, 1.165) is 17.5 Å². The summed E-state index contributed by atoms with van der Waals surface area (Å²) >= 11 is 0. The van der Waals surface area contributed by atoms with E-state index < -0.39 is 0 Å². The second kappa shape index (κ2) is 6.95. The molecule has 0 aliphatic rings. The van der Waals surface area contributed by atoms with Crippen LogP contribution in [0.2, 0.25) is 0 Å². The van der Waals surface area contributed by atoms with Gasteiger partial charge in [0.05, 0.1) is 5.69 Å². The van der Waals surface area contributed by atoms with E-state index in [1.807, 2.05) is 31.2 Å². The van der Waals surface area contributed by atoms with Crippen molar-refractivity contribution in [1.82, 2.24) is 19.5 Å². The molecule has 0 fully saturated rings. The van der Waals surface area contributed by atoms with Crippen LogP contribution in [0.25, 0.3) is 16.9 Å². The van der Waals surface area contributed by atoms with E-state index in [2.05, 4.69) is 15.0 Å². The lowest BCUT2D eigenvalue weighted by Crippen LogP contribution is -2.22. The van der Waals surface area contributed by atoms with Crippen LogP contribution in [-0.4, -0.2) is 25.8 Å². The number of benzene rings is 1. The van der Waals surface area contributed by atoms with Gasteiger partial charge in [0.1, 0.15) is 18.3 Å². The maximum atomic E-state index is 12.9. The number of aldehydes is 1. The molecule has 24 heavy (non-hydrogen) atoms. The van der Waals surface area contributed by atoms with Crippen LogP contribution in [0, 0.1) is 6.92 Å². The van der Waals surface area contributed by atoms with Crippen molar-refractivity contribution in [1.29, 1.82) is 0 Å². The van der Waals surface area contributed by atoms with Crippen molar-refractivity contribution in [3.63, 3.8) is 0 Å². The van der Waals surface area contributed by atoms with E-state index in [1.165, 1.54) is 6.33 Å². The van der Waals surface area contributed by atoms with Crippen molar-refractivity contribution < 1.29 is 4.79 Å². The molecule has 0 saturated carbocycles. The Morgan fingerprint density at radius 1 is 1.12 bits per heavy atom. The Balaban J connectivity index is 2.18. The molecule has 0 unspecified atom stereocenters. The second-order valence-electron chi connectivity index (χ2n) is 5.42. The van der Waals surface area contributed by atoms with Crippen molar-refractivity contribution in [2.24, 2.45) is 0 Å². The number of aromatic nitrogens is 4. The van der Waals surface area contributed by atoms with Crippen LogP contribution in [0.1, 0.15) is 17.7 Å². The summed E-state index contributed by atoms with van der Waals surface area (Å²) in [5, 5.41) is 0. The van der Waals surface area contributed by atoms with Crippen molar-refractivity contribution in [2.45, 2.75) is 19.8 Å². The zero-order valence-corrected chi connectivity index (χ0v) is 13.2. The number of aryl methyl sites for hydroxylation is 2. The molecule has 2 aromatic heterocycles. The summed E-state index contributed by atoms with van der Waals surface area (Å²) in [7, 11) is 0. The number of hydrogen-bond acceptors (Lipinski definition) is 5. The van der Waals surface area contributed by atoms with Crippen LogP contribution in [-0.2, 0) is 11.2 Å². The molecule has 0 aliphatic carbocycles. The quantitative estimate of drug-likeness (QED) is 0.673. The highest BCUT2D eigenvalue weighted by Crippen LogP contribution is 2.14. The Hall–Kier alpha value is -3.15. The molecule has 0 radical (unpaired) electrons. The van der Waals surface area contributed by atoms with Crippen LogP contribution in [0.3, 0.4) is 0 Å². The fourth-order valence-corrected chi connectivity index (χ4v) is 2.38. The lowest BCUT2D eigenvalue weighted by molar-refractivity contribution is -0.107. The molecule has 0 atom stereocenters. The minimum absolute atomic E-state index is 0.247. The van der Waals surface area contributed by atoms with Crippen LogP contribution >= 0.6 is 0 Å². The molecule has 0 amide bonds.